The van der Waals surface area contributed by atoms with Gasteiger partial charge in [-0.2, -0.15) is 5.26 Å². The molecule has 2 aromatic heterocycles. The zero-order valence-electron chi connectivity index (χ0n) is 19.1. The summed E-state index contributed by atoms with van der Waals surface area (Å²) in [7, 11) is 0. The van der Waals surface area contributed by atoms with Gasteiger partial charge in [-0.05, 0) is 47.2 Å². The summed E-state index contributed by atoms with van der Waals surface area (Å²) in [5.74, 6) is 0. The number of nitrogens with zero attached hydrogens (tertiary/aromatic N) is 3. The maximum absolute atomic E-state index is 13.4. The monoisotopic (exact) mass is 463 g/mol. The van der Waals surface area contributed by atoms with Crippen LogP contribution in [0.1, 0.15) is 28.5 Å². The van der Waals surface area contributed by atoms with E-state index in [-0.39, 0.29) is 5.69 Å². The van der Waals surface area contributed by atoms with Crippen molar-refractivity contribution in [2.75, 3.05) is 0 Å². The molecule has 34 heavy (non-hydrogen) atoms. The summed E-state index contributed by atoms with van der Waals surface area (Å²) in [5.41, 5.74) is 5.95. The predicted octanol–water partition coefficient (Wildman–Crippen LogP) is 6.26. The molecule has 5 heteroatoms. The van der Waals surface area contributed by atoms with Crippen molar-refractivity contribution in [2.24, 2.45) is 0 Å². The van der Waals surface area contributed by atoms with Gasteiger partial charge in [-0.3, -0.25) is 9.13 Å². The van der Waals surface area contributed by atoms with E-state index in [9.17, 15) is 10.1 Å². The van der Waals surface area contributed by atoms with Gasteiger partial charge < -0.3 is 0 Å². The molecule has 4 nitrogen and oxygen atoms in total. The Morgan fingerprint density at radius 1 is 0.882 bits per heavy atom. The number of thiophene rings is 1. The molecular weight excluding hydrogens is 438 g/mol. The van der Waals surface area contributed by atoms with Crippen molar-refractivity contribution in [3.63, 3.8) is 0 Å². The van der Waals surface area contributed by atoms with Crippen LogP contribution in [0, 0.1) is 11.3 Å². The van der Waals surface area contributed by atoms with E-state index >= 15 is 0 Å². The highest BCUT2D eigenvalue weighted by atomic mass is 32.1. The van der Waals surface area contributed by atoms with Gasteiger partial charge in [0.2, 0.25) is 0 Å². The van der Waals surface area contributed by atoms with E-state index in [0.717, 1.165) is 39.9 Å². The minimum atomic E-state index is 0.0405. The first-order valence-corrected chi connectivity index (χ1v) is 12.3. The van der Waals surface area contributed by atoms with Crippen molar-refractivity contribution in [3.8, 4) is 17.2 Å². The normalized spacial score (nSPS) is 11.1. The molecular formula is C29H25N3OS. The molecule has 0 fully saturated rings. The molecule has 0 spiro atoms. The summed E-state index contributed by atoms with van der Waals surface area (Å²) in [4.78, 5) is 15.8. The van der Waals surface area contributed by atoms with Crippen LogP contribution in [-0.2, 0) is 25.9 Å². The summed E-state index contributed by atoms with van der Waals surface area (Å²) in [6, 6.07) is 30.5. The molecule has 3 aromatic carbocycles. The summed E-state index contributed by atoms with van der Waals surface area (Å²) in [5, 5.41) is 9.41. The Balaban J connectivity index is 1.46. The summed E-state index contributed by atoms with van der Waals surface area (Å²) in [6.45, 7) is 3.34. The van der Waals surface area contributed by atoms with Gasteiger partial charge in [-0.1, -0.05) is 79.7 Å². The summed E-state index contributed by atoms with van der Waals surface area (Å²) >= 11 is 1.71. The third-order valence-corrected chi connectivity index (χ3v) is 7.50. The van der Waals surface area contributed by atoms with E-state index in [1.807, 2.05) is 63.7 Å². The van der Waals surface area contributed by atoms with Gasteiger partial charge in [0.1, 0.15) is 4.83 Å². The van der Waals surface area contributed by atoms with E-state index in [4.69, 9.17) is 0 Å². The molecule has 0 aliphatic rings. The second kappa shape index (κ2) is 9.54. The van der Waals surface area contributed by atoms with E-state index in [1.165, 1.54) is 10.4 Å². The van der Waals surface area contributed by atoms with Gasteiger partial charge in [0.05, 0.1) is 23.7 Å². The number of nitriles is 1. The topological polar surface area (TPSA) is 50.7 Å². The van der Waals surface area contributed by atoms with E-state index in [2.05, 4.69) is 43.3 Å². The number of rotatable bonds is 7. The van der Waals surface area contributed by atoms with Crippen LogP contribution in [0.5, 0.6) is 0 Å². The molecule has 0 aliphatic carbocycles. The minimum Gasteiger partial charge on any atom is -0.291 e. The second-order valence-electron chi connectivity index (χ2n) is 8.37. The Morgan fingerprint density at radius 3 is 2.35 bits per heavy atom. The van der Waals surface area contributed by atoms with Crippen molar-refractivity contribution < 1.29 is 0 Å². The maximum atomic E-state index is 13.4. The van der Waals surface area contributed by atoms with E-state index in [1.54, 1.807) is 11.3 Å². The highest BCUT2D eigenvalue weighted by Crippen LogP contribution is 2.27. The van der Waals surface area contributed by atoms with Crippen molar-refractivity contribution >= 4 is 21.7 Å². The van der Waals surface area contributed by atoms with Crippen LogP contribution in [0.2, 0.25) is 0 Å². The second-order valence-corrected chi connectivity index (χ2v) is 9.48. The third kappa shape index (κ3) is 4.21. The molecule has 5 rings (SSSR count). The molecule has 0 saturated carbocycles. The van der Waals surface area contributed by atoms with Crippen molar-refractivity contribution in [2.45, 2.75) is 32.9 Å². The zero-order valence-corrected chi connectivity index (χ0v) is 19.9. The van der Waals surface area contributed by atoms with E-state index in [0.29, 0.717) is 18.7 Å². The highest BCUT2D eigenvalue weighted by Gasteiger charge is 2.17. The van der Waals surface area contributed by atoms with Gasteiger partial charge in [0.25, 0.3) is 0 Å². The number of aromatic nitrogens is 2. The molecule has 0 bridgehead atoms. The van der Waals surface area contributed by atoms with Crippen LogP contribution >= 0.6 is 11.3 Å². The average molecular weight is 464 g/mol. The highest BCUT2D eigenvalue weighted by molar-refractivity contribution is 7.18. The van der Waals surface area contributed by atoms with E-state index < -0.39 is 0 Å². The lowest BCUT2D eigenvalue weighted by Crippen LogP contribution is -2.25. The van der Waals surface area contributed by atoms with Gasteiger partial charge >= 0.3 is 5.69 Å². The number of hydrogen-bond donors (Lipinski definition) is 0. The quantitative estimate of drug-likeness (QED) is 0.286. The summed E-state index contributed by atoms with van der Waals surface area (Å²) in [6.07, 6.45) is 1.78. The fraction of sp³-hybridized carbons (Fsp3) is 0.172. The largest absolute Gasteiger partial charge is 0.330 e. The lowest BCUT2D eigenvalue weighted by molar-refractivity contribution is 0.649. The molecule has 0 unspecified atom stereocenters. The van der Waals surface area contributed by atoms with Crippen LogP contribution < -0.4 is 5.69 Å². The first-order chi connectivity index (χ1) is 16.7. The van der Waals surface area contributed by atoms with Gasteiger partial charge in [-0.25, -0.2) is 4.79 Å². The maximum Gasteiger partial charge on any atom is 0.330 e. The van der Waals surface area contributed by atoms with Gasteiger partial charge in [0.15, 0.2) is 0 Å². The Kier molecular flexibility index (Phi) is 6.16. The molecule has 0 aliphatic heterocycles. The standard InChI is InChI=1S/C29H25N3OS/c1-2-25-18-27-28(34-25)32(29(33)31(27)17-16-21-8-4-3-5-9-21)20-22-12-14-23(15-13-22)26-11-7-6-10-24(26)19-30/h3-15,18H,2,16-17,20H2,1H3. The number of aryl methyl sites for hydroxylation is 3. The van der Waals surface area contributed by atoms with Crippen LogP contribution in [0.25, 0.3) is 21.5 Å². The van der Waals surface area contributed by atoms with Gasteiger partial charge in [-0.15, -0.1) is 11.3 Å². The molecule has 2 heterocycles. The van der Waals surface area contributed by atoms with Gasteiger partial charge in [0, 0.05) is 11.4 Å². The van der Waals surface area contributed by atoms with Crippen LogP contribution in [0.3, 0.4) is 0 Å². The number of benzene rings is 3. The van der Waals surface area contributed by atoms with Crippen molar-refractivity contribution in [3.05, 3.63) is 117 Å². The lowest BCUT2D eigenvalue weighted by Gasteiger charge is -2.07. The first kappa shape index (κ1) is 21.9. The zero-order chi connectivity index (χ0) is 23.5. The van der Waals surface area contributed by atoms with Crippen LogP contribution in [0.4, 0.5) is 0 Å². The third-order valence-electron chi connectivity index (χ3n) is 6.21. The molecule has 0 amide bonds. The molecule has 0 N–H and O–H groups in total. The van der Waals surface area contributed by atoms with Crippen LogP contribution in [-0.4, -0.2) is 9.13 Å². The predicted molar refractivity (Wildman–Crippen MR) is 139 cm³/mol. The smallest absolute Gasteiger partial charge is 0.291 e. The lowest BCUT2D eigenvalue weighted by atomic mass is 9.99. The van der Waals surface area contributed by atoms with Crippen molar-refractivity contribution in [1.82, 2.24) is 9.13 Å². The number of fused-ring (bicyclic) bond motifs is 1. The molecule has 5 aromatic rings. The Labute approximate surface area is 203 Å². The fourth-order valence-electron chi connectivity index (χ4n) is 4.36. The molecule has 0 saturated heterocycles. The Hall–Kier alpha value is -3.88. The van der Waals surface area contributed by atoms with Crippen molar-refractivity contribution in [1.29, 1.82) is 5.26 Å². The first-order valence-electron chi connectivity index (χ1n) is 11.5. The Morgan fingerprint density at radius 2 is 1.62 bits per heavy atom. The number of hydrogen-bond acceptors (Lipinski definition) is 3. The minimum absolute atomic E-state index is 0.0405. The SMILES string of the molecule is CCc1cc2c(s1)n(Cc1ccc(-c3ccccc3C#N)cc1)c(=O)n2CCc1ccccc1. The summed E-state index contributed by atoms with van der Waals surface area (Å²) < 4.78 is 3.83. The average Bonchev–Trinajstić information content (AvgIpc) is 3.41. The molecule has 168 valence electrons. The molecule has 0 radical (unpaired) electrons. The molecule has 0 atom stereocenters. The van der Waals surface area contributed by atoms with Crippen LogP contribution in [0.15, 0.2) is 89.7 Å². The Bertz CT molecular complexity index is 1530. The fourth-order valence-corrected chi connectivity index (χ4v) is 5.45. The number of imidazole rings is 1.